The second kappa shape index (κ2) is 9.86. The highest BCUT2D eigenvalue weighted by atomic mass is 16.5. The van der Waals surface area contributed by atoms with E-state index in [1.54, 1.807) is 0 Å². The molecule has 3 heteroatoms. The molecular weight excluding hydrogens is 214 g/mol. The van der Waals surface area contributed by atoms with Crippen LogP contribution in [0.15, 0.2) is 0 Å². The number of hydrogen-bond acceptors (Lipinski definition) is 3. The third kappa shape index (κ3) is 7.74. The fourth-order valence-corrected chi connectivity index (χ4v) is 2.30. The highest BCUT2D eigenvalue weighted by Gasteiger charge is 2.11. The first-order valence-electron chi connectivity index (χ1n) is 7.25. The summed E-state index contributed by atoms with van der Waals surface area (Å²) in [6, 6.07) is 0.768. The van der Waals surface area contributed by atoms with Crippen molar-refractivity contribution in [2.24, 2.45) is 0 Å². The molecule has 0 amide bonds. The average Bonchev–Trinajstić information content (AvgIpc) is 2.37. The molecule has 0 radical (unpaired) electrons. The number of hydrogen-bond donors (Lipinski definition) is 1. The van der Waals surface area contributed by atoms with Crippen LogP contribution in [0.5, 0.6) is 0 Å². The molecule has 0 heterocycles. The van der Waals surface area contributed by atoms with E-state index in [0.717, 1.165) is 32.2 Å². The van der Waals surface area contributed by atoms with E-state index < -0.39 is 0 Å². The summed E-state index contributed by atoms with van der Waals surface area (Å²) < 4.78 is 11.0. The van der Waals surface area contributed by atoms with Gasteiger partial charge < -0.3 is 14.8 Å². The van der Waals surface area contributed by atoms with Crippen molar-refractivity contribution in [3.8, 4) is 0 Å². The van der Waals surface area contributed by atoms with Crippen LogP contribution in [-0.4, -0.2) is 38.5 Å². The van der Waals surface area contributed by atoms with E-state index in [0.29, 0.717) is 6.61 Å². The molecule has 0 bridgehead atoms. The zero-order chi connectivity index (χ0) is 12.3. The minimum Gasteiger partial charge on any atom is -0.379 e. The first-order valence-corrected chi connectivity index (χ1v) is 7.25. The average molecular weight is 243 g/mol. The number of nitrogens with one attached hydrogen (secondary N) is 1. The van der Waals surface area contributed by atoms with Crippen molar-refractivity contribution >= 4 is 0 Å². The zero-order valence-corrected chi connectivity index (χ0v) is 11.5. The zero-order valence-electron chi connectivity index (χ0n) is 11.5. The van der Waals surface area contributed by atoms with Gasteiger partial charge in [-0.25, -0.2) is 0 Å². The van der Waals surface area contributed by atoms with Gasteiger partial charge in [-0.05, 0) is 39.7 Å². The van der Waals surface area contributed by atoms with Crippen molar-refractivity contribution in [3.63, 3.8) is 0 Å². The Balaban J connectivity index is 1.86. The van der Waals surface area contributed by atoms with E-state index in [4.69, 9.17) is 9.47 Å². The second-order valence-corrected chi connectivity index (χ2v) is 4.98. The molecule has 1 N–H and O–H groups in total. The Morgan fingerprint density at radius 3 is 2.71 bits per heavy atom. The maximum atomic E-state index is 5.67. The van der Waals surface area contributed by atoms with Gasteiger partial charge in [0.15, 0.2) is 0 Å². The summed E-state index contributed by atoms with van der Waals surface area (Å²) in [6.45, 7) is 7.51. The Labute approximate surface area is 106 Å². The summed E-state index contributed by atoms with van der Waals surface area (Å²) in [6.07, 6.45) is 8.29. The summed E-state index contributed by atoms with van der Waals surface area (Å²) in [5.74, 6) is 0. The highest BCUT2D eigenvalue weighted by Crippen LogP contribution is 2.17. The van der Waals surface area contributed by atoms with Crippen molar-refractivity contribution in [3.05, 3.63) is 0 Å². The molecule has 17 heavy (non-hydrogen) atoms. The SMILES string of the molecule is CCOCC(C)OCCCNC1CCCCC1. The lowest BCUT2D eigenvalue weighted by Crippen LogP contribution is -2.32. The third-order valence-corrected chi connectivity index (χ3v) is 3.32. The van der Waals surface area contributed by atoms with Gasteiger partial charge in [0.2, 0.25) is 0 Å². The molecule has 0 spiro atoms. The van der Waals surface area contributed by atoms with Crippen molar-refractivity contribution < 1.29 is 9.47 Å². The molecule has 1 unspecified atom stereocenters. The molecule has 1 atom stereocenters. The van der Waals surface area contributed by atoms with E-state index in [1.807, 2.05) is 6.92 Å². The Morgan fingerprint density at radius 1 is 1.24 bits per heavy atom. The number of ether oxygens (including phenoxy) is 2. The quantitative estimate of drug-likeness (QED) is 0.632. The molecule has 0 aromatic carbocycles. The summed E-state index contributed by atoms with van der Waals surface area (Å²) >= 11 is 0. The molecule has 0 aromatic rings. The predicted molar refractivity (Wildman–Crippen MR) is 71.4 cm³/mol. The van der Waals surface area contributed by atoms with Crippen molar-refractivity contribution in [2.75, 3.05) is 26.4 Å². The Kier molecular flexibility index (Phi) is 8.67. The largest absolute Gasteiger partial charge is 0.379 e. The van der Waals surface area contributed by atoms with Crippen LogP contribution in [0.2, 0.25) is 0 Å². The minimum atomic E-state index is 0.227. The summed E-state index contributed by atoms with van der Waals surface area (Å²) in [5, 5.41) is 3.63. The van der Waals surface area contributed by atoms with Crippen LogP contribution in [0.3, 0.4) is 0 Å². The lowest BCUT2D eigenvalue weighted by atomic mass is 9.95. The van der Waals surface area contributed by atoms with Gasteiger partial charge in [0.05, 0.1) is 12.7 Å². The van der Waals surface area contributed by atoms with Gasteiger partial charge in [-0.3, -0.25) is 0 Å². The molecule has 1 aliphatic carbocycles. The minimum absolute atomic E-state index is 0.227. The Hall–Kier alpha value is -0.120. The van der Waals surface area contributed by atoms with Gasteiger partial charge >= 0.3 is 0 Å². The van der Waals surface area contributed by atoms with Gasteiger partial charge in [-0.1, -0.05) is 19.3 Å². The molecule has 0 aromatic heterocycles. The van der Waals surface area contributed by atoms with Crippen LogP contribution in [0.25, 0.3) is 0 Å². The maximum Gasteiger partial charge on any atom is 0.0780 e. The van der Waals surface area contributed by atoms with E-state index in [9.17, 15) is 0 Å². The predicted octanol–water partition coefficient (Wildman–Crippen LogP) is 2.74. The monoisotopic (exact) mass is 243 g/mol. The van der Waals surface area contributed by atoms with E-state index in [2.05, 4.69) is 12.2 Å². The van der Waals surface area contributed by atoms with Crippen LogP contribution in [-0.2, 0) is 9.47 Å². The lowest BCUT2D eigenvalue weighted by molar-refractivity contribution is -0.00410. The van der Waals surface area contributed by atoms with Gasteiger partial charge in [0.1, 0.15) is 0 Å². The van der Waals surface area contributed by atoms with Crippen molar-refractivity contribution in [2.45, 2.75) is 64.5 Å². The highest BCUT2D eigenvalue weighted by molar-refractivity contribution is 4.71. The lowest BCUT2D eigenvalue weighted by Gasteiger charge is -2.23. The smallest absolute Gasteiger partial charge is 0.0780 e. The summed E-state index contributed by atoms with van der Waals surface area (Å²) in [4.78, 5) is 0. The van der Waals surface area contributed by atoms with Gasteiger partial charge in [-0.15, -0.1) is 0 Å². The fraction of sp³-hybridized carbons (Fsp3) is 1.00. The normalized spacial score (nSPS) is 19.4. The molecule has 0 aliphatic heterocycles. The summed E-state index contributed by atoms with van der Waals surface area (Å²) in [7, 11) is 0. The van der Waals surface area contributed by atoms with Crippen LogP contribution in [0, 0.1) is 0 Å². The Bertz CT molecular complexity index is 170. The maximum absolute atomic E-state index is 5.67. The Morgan fingerprint density at radius 2 is 2.00 bits per heavy atom. The van der Waals surface area contributed by atoms with Crippen molar-refractivity contribution in [1.29, 1.82) is 0 Å². The molecule has 1 aliphatic rings. The van der Waals surface area contributed by atoms with Crippen LogP contribution < -0.4 is 5.32 Å². The first-order chi connectivity index (χ1) is 8.33. The molecule has 1 saturated carbocycles. The first kappa shape index (κ1) is 14.9. The molecular formula is C14H29NO2. The molecule has 1 rings (SSSR count). The van der Waals surface area contributed by atoms with Crippen LogP contribution >= 0.6 is 0 Å². The fourth-order valence-electron chi connectivity index (χ4n) is 2.30. The van der Waals surface area contributed by atoms with Crippen molar-refractivity contribution in [1.82, 2.24) is 5.32 Å². The molecule has 1 fully saturated rings. The van der Waals surface area contributed by atoms with Crippen LogP contribution in [0.4, 0.5) is 0 Å². The van der Waals surface area contributed by atoms with E-state index in [1.165, 1.54) is 32.1 Å². The van der Waals surface area contributed by atoms with Gasteiger partial charge in [-0.2, -0.15) is 0 Å². The van der Waals surface area contributed by atoms with Gasteiger partial charge in [0.25, 0.3) is 0 Å². The third-order valence-electron chi connectivity index (χ3n) is 3.32. The molecule has 0 saturated heterocycles. The molecule has 3 nitrogen and oxygen atoms in total. The standard InChI is InChI=1S/C14H29NO2/c1-3-16-12-13(2)17-11-7-10-15-14-8-5-4-6-9-14/h13-15H,3-12H2,1-2H3. The van der Waals surface area contributed by atoms with E-state index >= 15 is 0 Å². The summed E-state index contributed by atoms with van der Waals surface area (Å²) in [5.41, 5.74) is 0. The topological polar surface area (TPSA) is 30.5 Å². The van der Waals surface area contributed by atoms with E-state index in [-0.39, 0.29) is 6.10 Å². The van der Waals surface area contributed by atoms with Crippen LogP contribution in [0.1, 0.15) is 52.4 Å². The number of rotatable bonds is 9. The van der Waals surface area contributed by atoms with Gasteiger partial charge in [0, 0.05) is 19.3 Å². The molecule has 102 valence electrons. The second-order valence-electron chi connectivity index (χ2n) is 4.98.